The number of aromatic nitrogens is 1. The summed E-state index contributed by atoms with van der Waals surface area (Å²) in [6.07, 6.45) is 7.01. The van der Waals surface area contributed by atoms with E-state index in [0.29, 0.717) is 5.82 Å². The number of carbonyl (C=O) groups is 1. The SMILES string of the molecule is COC(=O)/C(C#N)=C(/N1CCCCC1)n1cccc1. The van der Waals surface area contributed by atoms with Gasteiger partial charge in [0.05, 0.1) is 7.11 Å². The van der Waals surface area contributed by atoms with E-state index in [-0.39, 0.29) is 5.57 Å². The van der Waals surface area contributed by atoms with Gasteiger partial charge in [0, 0.05) is 25.5 Å². The van der Waals surface area contributed by atoms with Gasteiger partial charge in [-0.15, -0.1) is 0 Å². The van der Waals surface area contributed by atoms with E-state index in [1.165, 1.54) is 13.5 Å². The first kappa shape index (κ1) is 13.2. The third kappa shape index (κ3) is 2.79. The Kier molecular flexibility index (Phi) is 4.24. The third-order valence-corrected chi connectivity index (χ3v) is 3.23. The Morgan fingerprint density at radius 1 is 1.21 bits per heavy atom. The molecular weight excluding hydrogens is 242 g/mol. The minimum absolute atomic E-state index is 0.0561. The Morgan fingerprint density at radius 2 is 1.84 bits per heavy atom. The molecule has 0 aliphatic carbocycles. The molecule has 1 aromatic heterocycles. The van der Waals surface area contributed by atoms with Crippen molar-refractivity contribution in [3.63, 3.8) is 0 Å². The van der Waals surface area contributed by atoms with Crippen molar-refractivity contribution in [1.29, 1.82) is 5.26 Å². The Labute approximate surface area is 112 Å². The lowest BCUT2D eigenvalue weighted by Crippen LogP contribution is -2.32. The van der Waals surface area contributed by atoms with E-state index < -0.39 is 5.97 Å². The molecule has 1 aliphatic rings. The molecule has 0 atom stereocenters. The van der Waals surface area contributed by atoms with Crippen molar-refractivity contribution in [2.75, 3.05) is 20.2 Å². The zero-order valence-corrected chi connectivity index (χ0v) is 11.0. The number of carbonyl (C=O) groups excluding carboxylic acids is 1. The smallest absolute Gasteiger partial charge is 0.352 e. The van der Waals surface area contributed by atoms with E-state index in [2.05, 4.69) is 4.90 Å². The second-order valence-corrected chi connectivity index (χ2v) is 4.44. The van der Waals surface area contributed by atoms with Crippen LogP contribution in [-0.2, 0) is 9.53 Å². The van der Waals surface area contributed by atoms with E-state index >= 15 is 0 Å². The van der Waals surface area contributed by atoms with Gasteiger partial charge in [0.25, 0.3) is 0 Å². The lowest BCUT2D eigenvalue weighted by atomic mass is 10.1. The number of likely N-dealkylation sites (tertiary alicyclic amines) is 1. The van der Waals surface area contributed by atoms with Gasteiger partial charge >= 0.3 is 5.97 Å². The minimum Gasteiger partial charge on any atom is -0.465 e. The van der Waals surface area contributed by atoms with Crippen molar-refractivity contribution in [3.05, 3.63) is 30.1 Å². The van der Waals surface area contributed by atoms with Crippen molar-refractivity contribution < 1.29 is 9.53 Å². The monoisotopic (exact) mass is 259 g/mol. The second kappa shape index (κ2) is 6.10. The lowest BCUT2D eigenvalue weighted by Gasteiger charge is -2.31. The fourth-order valence-corrected chi connectivity index (χ4v) is 2.32. The fraction of sp³-hybridized carbons (Fsp3) is 0.429. The molecule has 0 N–H and O–H groups in total. The predicted octanol–water partition coefficient (Wildman–Crippen LogP) is 1.84. The Morgan fingerprint density at radius 3 is 2.37 bits per heavy atom. The summed E-state index contributed by atoms with van der Waals surface area (Å²) in [4.78, 5) is 13.9. The summed E-state index contributed by atoms with van der Waals surface area (Å²) in [6.45, 7) is 1.71. The molecular formula is C14H17N3O2. The van der Waals surface area contributed by atoms with Gasteiger partial charge in [-0.2, -0.15) is 5.26 Å². The average molecular weight is 259 g/mol. The molecule has 19 heavy (non-hydrogen) atoms. The van der Waals surface area contributed by atoms with Crippen LogP contribution in [0, 0.1) is 11.3 Å². The summed E-state index contributed by atoms with van der Waals surface area (Å²) < 4.78 is 6.52. The van der Waals surface area contributed by atoms with Crippen LogP contribution in [0.5, 0.6) is 0 Å². The average Bonchev–Trinajstić information content (AvgIpc) is 2.98. The number of esters is 1. The van der Waals surface area contributed by atoms with E-state index in [1.54, 1.807) is 4.57 Å². The van der Waals surface area contributed by atoms with Crippen LogP contribution in [0.4, 0.5) is 0 Å². The third-order valence-electron chi connectivity index (χ3n) is 3.23. The quantitative estimate of drug-likeness (QED) is 0.472. The van der Waals surface area contributed by atoms with Crippen LogP contribution in [-0.4, -0.2) is 35.6 Å². The highest BCUT2D eigenvalue weighted by Gasteiger charge is 2.23. The number of hydrogen-bond donors (Lipinski definition) is 0. The fourth-order valence-electron chi connectivity index (χ4n) is 2.32. The van der Waals surface area contributed by atoms with Gasteiger partial charge in [-0.1, -0.05) is 0 Å². The number of rotatable bonds is 3. The van der Waals surface area contributed by atoms with Gasteiger partial charge < -0.3 is 14.2 Å². The van der Waals surface area contributed by atoms with Gasteiger partial charge in [-0.25, -0.2) is 4.79 Å². The molecule has 100 valence electrons. The molecule has 1 fully saturated rings. The Balaban J connectivity index is 2.47. The zero-order chi connectivity index (χ0) is 13.7. The summed E-state index contributed by atoms with van der Waals surface area (Å²) >= 11 is 0. The highest BCUT2D eigenvalue weighted by molar-refractivity contribution is 5.98. The molecule has 0 radical (unpaired) electrons. The normalized spacial score (nSPS) is 16.5. The van der Waals surface area contributed by atoms with E-state index in [1.807, 2.05) is 30.6 Å². The van der Waals surface area contributed by atoms with Crippen LogP contribution in [0.15, 0.2) is 30.1 Å². The van der Waals surface area contributed by atoms with Gasteiger partial charge in [-0.05, 0) is 31.4 Å². The number of nitrogens with zero attached hydrogens (tertiary/aromatic N) is 3. The number of piperidine rings is 1. The van der Waals surface area contributed by atoms with Crippen molar-refractivity contribution >= 4 is 11.8 Å². The first-order valence-electron chi connectivity index (χ1n) is 6.39. The molecule has 1 saturated heterocycles. The summed E-state index contributed by atoms with van der Waals surface area (Å²) in [6, 6.07) is 5.72. The van der Waals surface area contributed by atoms with Gasteiger partial charge in [0.1, 0.15) is 11.9 Å². The molecule has 0 amide bonds. The Hall–Kier alpha value is -2.22. The van der Waals surface area contributed by atoms with Crippen molar-refractivity contribution in [2.24, 2.45) is 0 Å². The van der Waals surface area contributed by atoms with Crippen LogP contribution >= 0.6 is 0 Å². The highest BCUT2D eigenvalue weighted by atomic mass is 16.5. The topological polar surface area (TPSA) is 58.3 Å². The second-order valence-electron chi connectivity index (χ2n) is 4.44. The number of methoxy groups -OCH3 is 1. The molecule has 0 aromatic carbocycles. The maximum atomic E-state index is 11.8. The maximum Gasteiger partial charge on any atom is 0.352 e. The largest absolute Gasteiger partial charge is 0.465 e. The first-order valence-corrected chi connectivity index (χ1v) is 6.39. The number of nitriles is 1. The van der Waals surface area contributed by atoms with Gasteiger partial charge in [-0.3, -0.25) is 0 Å². The molecule has 0 saturated carbocycles. The van der Waals surface area contributed by atoms with Gasteiger partial charge in [0.2, 0.25) is 0 Å². The minimum atomic E-state index is -0.586. The predicted molar refractivity (Wildman–Crippen MR) is 70.7 cm³/mol. The van der Waals surface area contributed by atoms with Crippen molar-refractivity contribution in [2.45, 2.75) is 19.3 Å². The molecule has 2 rings (SSSR count). The maximum absolute atomic E-state index is 11.8. The van der Waals surface area contributed by atoms with Crippen LogP contribution < -0.4 is 0 Å². The summed E-state index contributed by atoms with van der Waals surface area (Å²) in [7, 11) is 1.29. The van der Waals surface area contributed by atoms with Gasteiger partial charge in [0.15, 0.2) is 5.57 Å². The van der Waals surface area contributed by atoms with E-state index in [4.69, 9.17) is 4.74 Å². The molecule has 1 aromatic rings. The molecule has 2 heterocycles. The summed E-state index contributed by atoms with van der Waals surface area (Å²) in [5, 5.41) is 9.28. The summed E-state index contributed by atoms with van der Waals surface area (Å²) in [5.74, 6) is 0.0378. The zero-order valence-electron chi connectivity index (χ0n) is 11.0. The molecule has 0 bridgehead atoms. The van der Waals surface area contributed by atoms with Crippen molar-refractivity contribution in [1.82, 2.24) is 9.47 Å². The molecule has 1 aliphatic heterocycles. The number of hydrogen-bond acceptors (Lipinski definition) is 4. The molecule has 5 nitrogen and oxygen atoms in total. The highest BCUT2D eigenvalue weighted by Crippen LogP contribution is 2.22. The molecule has 5 heteroatoms. The number of ether oxygens (including phenoxy) is 1. The van der Waals surface area contributed by atoms with E-state index in [0.717, 1.165) is 25.9 Å². The molecule has 0 spiro atoms. The summed E-state index contributed by atoms with van der Waals surface area (Å²) in [5.41, 5.74) is 0.0561. The van der Waals surface area contributed by atoms with E-state index in [9.17, 15) is 10.1 Å². The van der Waals surface area contributed by atoms with Crippen LogP contribution in [0.2, 0.25) is 0 Å². The standard InChI is InChI=1S/C14H17N3O2/c1-19-14(18)12(11-15)13(17-9-5-6-10-17)16-7-3-2-4-8-16/h5-6,9-10H,2-4,7-8H2,1H3/b13-12-. The van der Waals surface area contributed by atoms with Crippen LogP contribution in [0.25, 0.3) is 5.82 Å². The lowest BCUT2D eigenvalue weighted by molar-refractivity contribution is -0.135. The Bertz CT molecular complexity index is 505. The molecule has 0 unspecified atom stereocenters. The first-order chi connectivity index (χ1) is 9.27. The van der Waals surface area contributed by atoms with Crippen molar-refractivity contribution in [3.8, 4) is 6.07 Å². The van der Waals surface area contributed by atoms with Crippen LogP contribution in [0.3, 0.4) is 0 Å². The van der Waals surface area contributed by atoms with Crippen LogP contribution in [0.1, 0.15) is 19.3 Å².